The topological polar surface area (TPSA) is 9.23 Å². The predicted octanol–water partition coefficient (Wildman–Crippen LogP) is 4.64. The highest BCUT2D eigenvalue weighted by Crippen LogP contribution is 2.18. The lowest BCUT2D eigenvalue weighted by Crippen LogP contribution is -1.95. The van der Waals surface area contributed by atoms with Gasteiger partial charge in [0.1, 0.15) is 12.4 Å². The summed E-state index contributed by atoms with van der Waals surface area (Å²) in [6.07, 6.45) is 0. The number of rotatable bonds is 3. The van der Waals surface area contributed by atoms with Crippen molar-refractivity contribution < 1.29 is 4.74 Å². The first-order valence-electron chi connectivity index (χ1n) is 5.59. The molecule has 0 atom stereocenters. The fourth-order valence-corrected chi connectivity index (χ4v) is 1.82. The Hall–Kier alpha value is -1.28. The molecule has 0 heterocycles. The monoisotopic (exact) mass is 290 g/mol. The van der Waals surface area contributed by atoms with Crippen molar-refractivity contribution in [2.24, 2.45) is 0 Å². The summed E-state index contributed by atoms with van der Waals surface area (Å²) in [6.45, 7) is 4.81. The molecule has 0 aromatic heterocycles. The normalized spacial score (nSPS) is 10.3. The minimum Gasteiger partial charge on any atom is -0.489 e. The van der Waals surface area contributed by atoms with Crippen LogP contribution in [0.15, 0.2) is 46.9 Å². The Morgan fingerprint density at radius 3 is 2.29 bits per heavy atom. The van der Waals surface area contributed by atoms with Gasteiger partial charge in [0, 0.05) is 4.47 Å². The second-order valence-electron chi connectivity index (χ2n) is 4.16. The first kappa shape index (κ1) is 12.2. The maximum Gasteiger partial charge on any atom is 0.120 e. The highest BCUT2D eigenvalue weighted by Gasteiger charge is 1.98. The molecule has 0 aliphatic heterocycles. The van der Waals surface area contributed by atoms with E-state index < -0.39 is 0 Å². The van der Waals surface area contributed by atoms with Crippen LogP contribution in [0, 0.1) is 13.8 Å². The summed E-state index contributed by atoms with van der Waals surface area (Å²) in [5, 5.41) is 0. The summed E-state index contributed by atoms with van der Waals surface area (Å²) in [4.78, 5) is 0. The molecule has 0 saturated carbocycles. The van der Waals surface area contributed by atoms with Crippen molar-refractivity contribution in [3.63, 3.8) is 0 Å². The quantitative estimate of drug-likeness (QED) is 0.800. The van der Waals surface area contributed by atoms with E-state index in [2.05, 4.69) is 54.0 Å². The molecule has 2 rings (SSSR count). The van der Waals surface area contributed by atoms with Gasteiger partial charge >= 0.3 is 0 Å². The van der Waals surface area contributed by atoms with Crippen LogP contribution in [-0.4, -0.2) is 0 Å². The van der Waals surface area contributed by atoms with Crippen molar-refractivity contribution in [3.05, 3.63) is 63.6 Å². The van der Waals surface area contributed by atoms with E-state index in [4.69, 9.17) is 4.74 Å². The van der Waals surface area contributed by atoms with Gasteiger partial charge in [-0.1, -0.05) is 34.1 Å². The van der Waals surface area contributed by atoms with Crippen molar-refractivity contribution in [2.75, 3.05) is 0 Å². The Bertz CT molecular complexity index is 503. The number of ether oxygens (including phenoxy) is 1. The average Bonchev–Trinajstić information content (AvgIpc) is 2.33. The standard InChI is InChI=1S/C15H15BrO/c1-11-3-8-15(9-12(11)2)17-10-13-4-6-14(16)7-5-13/h3-9H,10H2,1-2H3. The summed E-state index contributed by atoms with van der Waals surface area (Å²) in [6, 6.07) is 14.4. The molecule has 2 aromatic rings. The minimum absolute atomic E-state index is 0.607. The minimum atomic E-state index is 0.607. The van der Waals surface area contributed by atoms with Crippen LogP contribution in [0.1, 0.15) is 16.7 Å². The predicted molar refractivity (Wildman–Crippen MR) is 74.4 cm³/mol. The highest BCUT2D eigenvalue weighted by atomic mass is 79.9. The lowest BCUT2D eigenvalue weighted by atomic mass is 10.1. The molecule has 0 fully saturated rings. The van der Waals surface area contributed by atoms with Gasteiger partial charge in [0.05, 0.1) is 0 Å². The second-order valence-corrected chi connectivity index (χ2v) is 5.08. The van der Waals surface area contributed by atoms with Gasteiger partial charge < -0.3 is 4.74 Å². The third kappa shape index (κ3) is 3.34. The average molecular weight is 291 g/mol. The second kappa shape index (κ2) is 5.37. The number of aryl methyl sites for hydroxylation is 2. The maximum atomic E-state index is 5.75. The number of benzene rings is 2. The van der Waals surface area contributed by atoms with Crippen LogP contribution in [0.4, 0.5) is 0 Å². The molecular weight excluding hydrogens is 276 g/mol. The molecule has 0 unspecified atom stereocenters. The molecule has 0 N–H and O–H groups in total. The van der Waals surface area contributed by atoms with Gasteiger partial charge in [0.15, 0.2) is 0 Å². The van der Waals surface area contributed by atoms with Crippen LogP contribution in [0.3, 0.4) is 0 Å². The molecule has 88 valence electrons. The van der Waals surface area contributed by atoms with E-state index in [0.29, 0.717) is 6.61 Å². The lowest BCUT2D eigenvalue weighted by molar-refractivity contribution is 0.306. The van der Waals surface area contributed by atoms with E-state index in [1.165, 1.54) is 16.7 Å². The summed E-state index contributed by atoms with van der Waals surface area (Å²) in [5.74, 6) is 0.927. The molecule has 1 nitrogen and oxygen atoms in total. The van der Waals surface area contributed by atoms with Crippen LogP contribution in [0.25, 0.3) is 0 Å². The summed E-state index contributed by atoms with van der Waals surface area (Å²) < 4.78 is 6.84. The van der Waals surface area contributed by atoms with Gasteiger partial charge in [0.25, 0.3) is 0 Å². The molecule has 0 bridgehead atoms. The zero-order valence-electron chi connectivity index (χ0n) is 10.0. The largest absolute Gasteiger partial charge is 0.489 e. The summed E-state index contributed by atoms with van der Waals surface area (Å²) in [5.41, 5.74) is 3.73. The Balaban J connectivity index is 2.02. The van der Waals surface area contributed by atoms with Crippen LogP contribution in [-0.2, 0) is 6.61 Å². The lowest BCUT2D eigenvalue weighted by Gasteiger charge is -2.08. The summed E-state index contributed by atoms with van der Waals surface area (Å²) in [7, 11) is 0. The Labute approximate surface area is 111 Å². The third-order valence-corrected chi connectivity index (χ3v) is 3.33. The Kier molecular flexibility index (Phi) is 3.85. The van der Waals surface area contributed by atoms with Crippen molar-refractivity contribution in [1.29, 1.82) is 0 Å². The molecule has 0 amide bonds. The van der Waals surface area contributed by atoms with E-state index in [1.54, 1.807) is 0 Å². The van der Waals surface area contributed by atoms with Crippen molar-refractivity contribution in [1.82, 2.24) is 0 Å². The van der Waals surface area contributed by atoms with Gasteiger partial charge in [-0.05, 0) is 54.8 Å². The van der Waals surface area contributed by atoms with Gasteiger partial charge in [-0.15, -0.1) is 0 Å². The molecule has 0 spiro atoms. The van der Waals surface area contributed by atoms with E-state index in [9.17, 15) is 0 Å². The maximum absolute atomic E-state index is 5.75. The molecular formula is C15H15BrO. The highest BCUT2D eigenvalue weighted by molar-refractivity contribution is 9.10. The third-order valence-electron chi connectivity index (χ3n) is 2.80. The van der Waals surface area contributed by atoms with Crippen molar-refractivity contribution in [3.8, 4) is 5.75 Å². The Morgan fingerprint density at radius 1 is 0.941 bits per heavy atom. The molecule has 0 radical (unpaired) electrons. The molecule has 17 heavy (non-hydrogen) atoms. The first-order valence-corrected chi connectivity index (χ1v) is 6.39. The van der Waals surface area contributed by atoms with Crippen molar-refractivity contribution >= 4 is 15.9 Å². The van der Waals surface area contributed by atoms with Gasteiger partial charge in [-0.3, -0.25) is 0 Å². The summed E-state index contributed by atoms with van der Waals surface area (Å²) >= 11 is 3.42. The van der Waals surface area contributed by atoms with Gasteiger partial charge in [-0.2, -0.15) is 0 Å². The first-order chi connectivity index (χ1) is 8.15. The fraction of sp³-hybridized carbons (Fsp3) is 0.200. The van der Waals surface area contributed by atoms with Gasteiger partial charge in [0.2, 0.25) is 0 Å². The fourth-order valence-electron chi connectivity index (χ4n) is 1.55. The van der Waals surface area contributed by atoms with Crippen molar-refractivity contribution in [2.45, 2.75) is 20.5 Å². The van der Waals surface area contributed by atoms with E-state index in [-0.39, 0.29) is 0 Å². The molecule has 2 aromatic carbocycles. The zero-order valence-corrected chi connectivity index (χ0v) is 11.6. The molecule has 0 saturated heterocycles. The SMILES string of the molecule is Cc1ccc(OCc2ccc(Br)cc2)cc1C. The molecule has 0 aliphatic carbocycles. The number of hydrogen-bond acceptors (Lipinski definition) is 1. The molecule has 0 aliphatic rings. The van der Waals surface area contributed by atoms with Gasteiger partial charge in [-0.25, -0.2) is 0 Å². The molecule has 2 heteroatoms. The number of halogens is 1. The van der Waals surface area contributed by atoms with E-state index >= 15 is 0 Å². The number of hydrogen-bond donors (Lipinski definition) is 0. The van der Waals surface area contributed by atoms with E-state index in [1.807, 2.05) is 18.2 Å². The van der Waals surface area contributed by atoms with E-state index in [0.717, 1.165) is 10.2 Å². The zero-order chi connectivity index (χ0) is 12.3. The van der Waals surface area contributed by atoms with Crippen LogP contribution in [0.5, 0.6) is 5.75 Å². The van der Waals surface area contributed by atoms with Crippen LogP contribution >= 0.6 is 15.9 Å². The smallest absolute Gasteiger partial charge is 0.120 e. The van der Waals surface area contributed by atoms with Crippen LogP contribution < -0.4 is 4.74 Å². The Morgan fingerprint density at radius 2 is 1.65 bits per heavy atom. The van der Waals surface area contributed by atoms with Crippen LogP contribution in [0.2, 0.25) is 0 Å².